The van der Waals surface area contributed by atoms with E-state index >= 15 is 0 Å². The zero-order valence-electron chi connectivity index (χ0n) is 11.6. The molecule has 0 spiro atoms. The molecular formula is C16H18N4. The summed E-state index contributed by atoms with van der Waals surface area (Å²) in [6.45, 7) is 5.48. The lowest BCUT2D eigenvalue weighted by atomic mass is 10.1. The van der Waals surface area contributed by atoms with Crippen LogP contribution in [-0.4, -0.2) is 26.7 Å². The normalized spacial score (nSPS) is 11.3. The first-order valence-corrected chi connectivity index (χ1v) is 6.65. The Bertz CT molecular complexity index is 723. The predicted octanol–water partition coefficient (Wildman–Crippen LogP) is 3.10. The maximum absolute atomic E-state index is 4.20. The molecule has 0 aliphatic carbocycles. The summed E-state index contributed by atoms with van der Waals surface area (Å²) in [5.41, 5.74) is 3.71. The van der Waals surface area contributed by atoms with Crippen molar-refractivity contribution in [2.45, 2.75) is 13.1 Å². The van der Waals surface area contributed by atoms with Crippen molar-refractivity contribution in [3.63, 3.8) is 0 Å². The average molecular weight is 266 g/mol. The van der Waals surface area contributed by atoms with Crippen LogP contribution >= 0.6 is 0 Å². The fraction of sp³-hybridized carbons (Fsp3) is 0.188. The third-order valence-corrected chi connectivity index (χ3v) is 3.42. The molecule has 0 radical (unpaired) electrons. The summed E-state index contributed by atoms with van der Waals surface area (Å²) in [6, 6.07) is 8.51. The molecule has 102 valence electrons. The van der Waals surface area contributed by atoms with Crippen LogP contribution in [0.1, 0.15) is 11.1 Å². The summed E-state index contributed by atoms with van der Waals surface area (Å²) in [6.07, 6.45) is 7.57. The van der Waals surface area contributed by atoms with E-state index in [4.69, 9.17) is 0 Å². The van der Waals surface area contributed by atoms with Gasteiger partial charge in [-0.1, -0.05) is 18.7 Å². The fourth-order valence-electron chi connectivity index (χ4n) is 2.51. The van der Waals surface area contributed by atoms with Crippen molar-refractivity contribution in [2.75, 3.05) is 7.05 Å². The number of aromatic nitrogens is 3. The number of hydrogen-bond acceptors (Lipinski definition) is 2. The van der Waals surface area contributed by atoms with Gasteiger partial charge in [0.05, 0.1) is 6.20 Å². The van der Waals surface area contributed by atoms with E-state index in [1.54, 1.807) is 10.9 Å². The van der Waals surface area contributed by atoms with Crippen molar-refractivity contribution >= 4 is 17.1 Å². The molecule has 0 atom stereocenters. The first-order valence-electron chi connectivity index (χ1n) is 6.65. The second kappa shape index (κ2) is 5.35. The van der Waals surface area contributed by atoms with Crippen molar-refractivity contribution in [1.29, 1.82) is 0 Å². The lowest BCUT2D eigenvalue weighted by Gasteiger charge is -2.16. The minimum Gasteiger partial charge on any atom is -0.361 e. The second-order valence-corrected chi connectivity index (χ2v) is 5.04. The van der Waals surface area contributed by atoms with Crippen LogP contribution in [0.15, 0.2) is 49.4 Å². The highest BCUT2D eigenvalue weighted by molar-refractivity contribution is 5.82. The van der Waals surface area contributed by atoms with Gasteiger partial charge < -0.3 is 4.98 Å². The highest BCUT2D eigenvalue weighted by Crippen LogP contribution is 2.19. The van der Waals surface area contributed by atoms with E-state index in [1.807, 2.05) is 18.6 Å². The largest absolute Gasteiger partial charge is 0.361 e. The van der Waals surface area contributed by atoms with Gasteiger partial charge in [-0.2, -0.15) is 5.10 Å². The highest BCUT2D eigenvalue weighted by atomic mass is 15.2. The summed E-state index contributed by atoms with van der Waals surface area (Å²) in [5.74, 6) is 0. The van der Waals surface area contributed by atoms with Gasteiger partial charge in [0.15, 0.2) is 0 Å². The molecule has 2 heterocycles. The Balaban J connectivity index is 1.73. The van der Waals surface area contributed by atoms with Gasteiger partial charge in [-0.3, -0.25) is 4.90 Å². The Hall–Kier alpha value is -2.33. The van der Waals surface area contributed by atoms with Crippen LogP contribution < -0.4 is 0 Å². The van der Waals surface area contributed by atoms with Gasteiger partial charge in [0.2, 0.25) is 0 Å². The van der Waals surface area contributed by atoms with E-state index in [9.17, 15) is 0 Å². The Labute approximate surface area is 118 Å². The number of fused-ring (bicyclic) bond motifs is 1. The molecule has 3 aromatic rings. The van der Waals surface area contributed by atoms with Crippen LogP contribution in [0.2, 0.25) is 0 Å². The van der Waals surface area contributed by atoms with Gasteiger partial charge in [-0.25, -0.2) is 4.68 Å². The number of rotatable bonds is 5. The Kier molecular flexibility index (Phi) is 3.39. The maximum Gasteiger partial charge on any atom is 0.0539 e. The van der Waals surface area contributed by atoms with Gasteiger partial charge in [0.1, 0.15) is 0 Å². The van der Waals surface area contributed by atoms with E-state index < -0.39 is 0 Å². The van der Waals surface area contributed by atoms with Crippen molar-refractivity contribution in [3.05, 3.63) is 60.6 Å². The molecule has 3 rings (SSSR count). The molecule has 20 heavy (non-hydrogen) atoms. The monoisotopic (exact) mass is 266 g/mol. The van der Waals surface area contributed by atoms with Gasteiger partial charge in [-0.15, -0.1) is 0 Å². The summed E-state index contributed by atoms with van der Waals surface area (Å²) >= 11 is 0. The highest BCUT2D eigenvalue weighted by Gasteiger charge is 2.07. The first kappa shape index (κ1) is 12.7. The van der Waals surface area contributed by atoms with Crippen molar-refractivity contribution in [3.8, 4) is 0 Å². The van der Waals surface area contributed by atoms with E-state index in [0.29, 0.717) is 0 Å². The van der Waals surface area contributed by atoms with Gasteiger partial charge in [0.25, 0.3) is 0 Å². The average Bonchev–Trinajstić information content (AvgIpc) is 3.07. The summed E-state index contributed by atoms with van der Waals surface area (Å²) < 4.78 is 1.73. The van der Waals surface area contributed by atoms with Crippen molar-refractivity contribution < 1.29 is 0 Å². The quantitative estimate of drug-likeness (QED) is 0.770. The third-order valence-electron chi connectivity index (χ3n) is 3.42. The molecule has 0 saturated carbocycles. The first-order chi connectivity index (χ1) is 9.76. The lowest BCUT2D eigenvalue weighted by Crippen LogP contribution is -2.17. The molecule has 4 nitrogen and oxygen atoms in total. The van der Waals surface area contributed by atoms with Crippen LogP contribution in [-0.2, 0) is 13.1 Å². The zero-order valence-corrected chi connectivity index (χ0v) is 11.6. The number of nitrogens with zero attached hydrogens (tertiary/aromatic N) is 3. The zero-order chi connectivity index (χ0) is 13.9. The minimum absolute atomic E-state index is 0.870. The van der Waals surface area contributed by atoms with E-state index in [2.05, 4.69) is 52.9 Å². The molecule has 2 aromatic heterocycles. The molecule has 0 unspecified atom stereocenters. The number of benzene rings is 1. The molecule has 4 heteroatoms. The number of nitrogens with one attached hydrogen (secondary N) is 1. The Morgan fingerprint density at radius 3 is 3.05 bits per heavy atom. The smallest absolute Gasteiger partial charge is 0.0539 e. The molecule has 0 saturated heterocycles. The molecule has 0 fully saturated rings. The van der Waals surface area contributed by atoms with E-state index in [-0.39, 0.29) is 0 Å². The molecule has 0 aliphatic rings. The van der Waals surface area contributed by atoms with Crippen molar-refractivity contribution in [1.82, 2.24) is 19.7 Å². The van der Waals surface area contributed by atoms with Crippen LogP contribution in [0, 0.1) is 0 Å². The van der Waals surface area contributed by atoms with Crippen LogP contribution in [0.4, 0.5) is 0 Å². The fourth-order valence-corrected chi connectivity index (χ4v) is 2.51. The van der Waals surface area contributed by atoms with Crippen LogP contribution in [0.5, 0.6) is 0 Å². The topological polar surface area (TPSA) is 36.9 Å². The summed E-state index contributed by atoms with van der Waals surface area (Å²) in [5, 5.41) is 5.50. The predicted molar refractivity (Wildman–Crippen MR) is 82.1 cm³/mol. The van der Waals surface area contributed by atoms with Crippen LogP contribution in [0.3, 0.4) is 0 Å². The molecule has 0 amide bonds. The lowest BCUT2D eigenvalue weighted by molar-refractivity contribution is 0.320. The Morgan fingerprint density at radius 2 is 2.25 bits per heavy atom. The van der Waals surface area contributed by atoms with Gasteiger partial charge in [0, 0.05) is 48.1 Å². The molecule has 1 N–H and O–H groups in total. The molecule has 0 bridgehead atoms. The minimum atomic E-state index is 0.870. The third kappa shape index (κ3) is 2.51. The molecule has 0 aliphatic heterocycles. The molecular weight excluding hydrogens is 248 g/mol. The van der Waals surface area contributed by atoms with Gasteiger partial charge in [-0.05, 0) is 24.7 Å². The summed E-state index contributed by atoms with van der Waals surface area (Å²) in [4.78, 5) is 5.53. The van der Waals surface area contributed by atoms with E-state index in [1.165, 1.54) is 22.0 Å². The Morgan fingerprint density at radius 1 is 1.35 bits per heavy atom. The standard InChI is InChI=1S/C16H18N4/c1-3-20-11-13(9-18-20)10-19(2)12-14-5-4-6-16-15(14)7-8-17-16/h3-9,11,17H,1,10,12H2,2H3. The number of aromatic amines is 1. The number of H-pyrrole nitrogens is 1. The molecule has 1 aromatic carbocycles. The summed E-state index contributed by atoms with van der Waals surface area (Å²) in [7, 11) is 2.12. The maximum atomic E-state index is 4.20. The van der Waals surface area contributed by atoms with E-state index in [0.717, 1.165) is 13.1 Å². The van der Waals surface area contributed by atoms with Crippen molar-refractivity contribution in [2.24, 2.45) is 0 Å². The van der Waals surface area contributed by atoms with Crippen LogP contribution in [0.25, 0.3) is 17.1 Å². The number of hydrogen-bond donors (Lipinski definition) is 1. The SMILES string of the molecule is C=Cn1cc(CN(C)Cc2cccc3[nH]ccc23)cn1. The van der Waals surface area contributed by atoms with Gasteiger partial charge >= 0.3 is 0 Å². The second-order valence-electron chi connectivity index (χ2n) is 5.04.